The van der Waals surface area contributed by atoms with Crippen LogP contribution in [0.5, 0.6) is 0 Å². The van der Waals surface area contributed by atoms with E-state index in [1.807, 2.05) is 72.0 Å². The summed E-state index contributed by atoms with van der Waals surface area (Å²) in [6, 6.07) is 9.71. The molecular weight excluding hydrogens is 542 g/mol. The van der Waals surface area contributed by atoms with E-state index in [1.54, 1.807) is 42.0 Å². The number of nitrogens with zero attached hydrogens (tertiary/aromatic N) is 7. The topological polar surface area (TPSA) is 92.1 Å². The number of halogens is 1. The third-order valence-electron chi connectivity index (χ3n) is 7.34. The molecule has 3 aromatic heterocycles. The first kappa shape index (κ1) is 26.9. The highest BCUT2D eigenvalue weighted by molar-refractivity contribution is 6.32. The molecule has 0 saturated carbocycles. The van der Waals surface area contributed by atoms with Crippen LogP contribution in [0.1, 0.15) is 43.2 Å². The number of carbonyl (C=O) groups is 1. The average molecular weight is 574 g/mol. The average Bonchev–Trinajstić information content (AvgIpc) is 3.59. The first-order valence-corrected chi connectivity index (χ1v) is 13.9. The molecule has 0 spiro atoms. The van der Waals surface area contributed by atoms with Crippen molar-refractivity contribution in [3.05, 3.63) is 86.8 Å². The van der Waals surface area contributed by atoms with Crippen molar-refractivity contribution in [3.63, 3.8) is 0 Å². The van der Waals surface area contributed by atoms with E-state index in [2.05, 4.69) is 5.10 Å². The molecule has 11 heteroatoms. The van der Waals surface area contributed by atoms with Gasteiger partial charge in [-0.05, 0) is 76.1 Å². The van der Waals surface area contributed by atoms with Crippen molar-refractivity contribution in [2.45, 2.75) is 53.2 Å². The Hall–Kier alpha value is -4.31. The molecule has 1 amide bonds. The Kier molecular flexibility index (Phi) is 6.33. The Bertz CT molecular complexity index is 1860. The SMILES string of the molecule is Cc1cc(-n2nc3c(c2-n2ccn(-c4ccc5c(cnn5C)c4)c2=O)CN(C(=O)OC(C)(C)C)CC3)cc(C)c1Cl. The monoisotopic (exact) mass is 573 g/mol. The highest BCUT2D eigenvalue weighted by Crippen LogP contribution is 2.31. The Morgan fingerprint density at radius 2 is 1.73 bits per heavy atom. The second-order valence-electron chi connectivity index (χ2n) is 11.5. The van der Waals surface area contributed by atoms with E-state index < -0.39 is 11.7 Å². The van der Waals surface area contributed by atoms with Gasteiger partial charge in [0.05, 0.1) is 35.3 Å². The van der Waals surface area contributed by atoms with Crippen LogP contribution < -0.4 is 5.69 Å². The van der Waals surface area contributed by atoms with Gasteiger partial charge in [-0.1, -0.05) is 11.6 Å². The van der Waals surface area contributed by atoms with Crippen LogP contribution in [0, 0.1) is 13.8 Å². The Morgan fingerprint density at radius 1 is 1.02 bits per heavy atom. The summed E-state index contributed by atoms with van der Waals surface area (Å²) in [6.07, 6.45) is 5.41. The standard InChI is InChI=1S/C30H32ClN7O3/c1-18-13-22(14-19(2)26(18)31)38-27(23-17-35(10-9-24(23)33-38)29(40)41-30(3,4)5)37-12-11-36(28(37)39)21-7-8-25-20(15-21)16-32-34(25)6/h7-8,11-16H,9-10,17H2,1-6H3. The minimum atomic E-state index is -0.619. The zero-order valence-electron chi connectivity index (χ0n) is 24.0. The Balaban J connectivity index is 1.50. The lowest BCUT2D eigenvalue weighted by Gasteiger charge is -2.29. The van der Waals surface area contributed by atoms with Gasteiger partial charge in [-0.15, -0.1) is 0 Å². The molecule has 6 rings (SSSR count). The number of aryl methyl sites for hydroxylation is 3. The largest absolute Gasteiger partial charge is 0.444 e. The van der Waals surface area contributed by atoms with Gasteiger partial charge in [0.1, 0.15) is 11.4 Å². The van der Waals surface area contributed by atoms with Gasteiger partial charge in [0.15, 0.2) is 0 Å². The van der Waals surface area contributed by atoms with Crippen LogP contribution in [0.15, 0.2) is 53.7 Å². The fourth-order valence-corrected chi connectivity index (χ4v) is 5.46. The van der Waals surface area contributed by atoms with Crippen molar-refractivity contribution < 1.29 is 9.53 Å². The minimum absolute atomic E-state index is 0.256. The molecule has 1 aliphatic heterocycles. The highest BCUT2D eigenvalue weighted by atomic mass is 35.5. The van der Waals surface area contributed by atoms with E-state index >= 15 is 0 Å². The van der Waals surface area contributed by atoms with E-state index in [4.69, 9.17) is 21.4 Å². The van der Waals surface area contributed by atoms with Gasteiger partial charge >= 0.3 is 11.8 Å². The summed E-state index contributed by atoms with van der Waals surface area (Å²) in [5.41, 5.74) is 5.07. The lowest BCUT2D eigenvalue weighted by molar-refractivity contribution is 0.0223. The molecule has 0 fully saturated rings. The highest BCUT2D eigenvalue weighted by Gasteiger charge is 2.32. The van der Waals surface area contributed by atoms with Crippen molar-refractivity contribution in [1.29, 1.82) is 0 Å². The number of amides is 1. The number of imidazole rings is 1. The normalized spacial score (nSPS) is 13.6. The molecular formula is C30H32ClN7O3. The summed E-state index contributed by atoms with van der Waals surface area (Å²) in [4.78, 5) is 28.7. The summed E-state index contributed by atoms with van der Waals surface area (Å²) in [5.74, 6) is 0.584. The maximum absolute atomic E-state index is 14.0. The van der Waals surface area contributed by atoms with Gasteiger partial charge in [-0.3, -0.25) is 13.8 Å². The van der Waals surface area contributed by atoms with Crippen molar-refractivity contribution in [1.82, 2.24) is 33.6 Å². The molecule has 2 aromatic carbocycles. The van der Waals surface area contributed by atoms with Gasteiger partial charge in [0, 0.05) is 48.4 Å². The first-order valence-electron chi connectivity index (χ1n) is 13.5. The van der Waals surface area contributed by atoms with Gasteiger partial charge in [0.2, 0.25) is 0 Å². The summed E-state index contributed by atoms with van der Waals surface area (Å²) in [5, 5.41) is 10.9. The third-order valence-corrected chi connectivity index (χ3v) is 7.93. The summed E-state index contributed by atoms with van der Waals surface area (Å²) >= 11 is 6.49. The predicted molar refractivity (Wildman–Crippen MR) is 158 cm³/mol. The van der Waals surface area contributed by atoms with E-state index in [9.17, 15) is 9.59 Å². The molecule has 0 N–H and O–H groups in total. The van der Waals surface area contributed by atoms with Crippen LogP contribution in [-0.4, -0.2) is 51.8 Å². The van der Waals surface area contributed by atoms with Crippen LogP contribution >= 0.6 is 11.6 Å². The maximum atomic E-state index is 14.0. The Labute approximate surface area is 242 Å². The molecule has 10 nitrogen and oxygen atoms in total. The number of hydrogen-bond acceptors (Lipinski definition) is 5. The minimum Gasteiger partial charge on any atom is -0.444 e. The van der Waals surface area contributed by atoms with Crippen LogP contribution in [0.2, 0.25) is 5.02 Å². The van der Waals surface area contributed by atoms with Gasteiger partial charge in [-0.2, -0.15) is 10.2 Å². The molecule has 0 unspecified atom stereocenters. The van der Waals surface area contributed by atoms with Crippen molar-refractivity contribution >= 4 is 28.6 Å². The van der Waals surface area contributed by atoms with E-state index in [-0.39, 0.29) is 12.2 Å². The lowest BCUT2D eigenvalue weighted by Crippen LogP contribution is -2.40. The zero-order chi connectivity index (χ0) is 29.2. The number of hydrogen-bond donors (Lipinski definition) is 0. The summed E-state index contributed by atoms with van der Waals surface area (Å²) in [6.45, 7) is 10.2. The zero-order valence-corrected chi connectivity index (χ0v) is 24.7. The molecule has 0 aliphatic carbocycles. The maximum Gasteiger partial charge on any atom is 0.410 e. The fourth-order valence-electron chi connectivity index (χ4n) is 5.35. The number of rotatable bonds is 3. The van der Waals surface area contributed by atoms with E-state index in [0.29, 0.717) is 23.8 Å². The number of fused-ring (bicyclic) bond motifs is 2. The lowest BCUT2D eigenvalue weighted by atomic mass is 10.1. The number of ether oxygens (including phenoxy) is 1. The number of carbonyl (C=O) groups excluding carboxylic acids is 1. The van der Waals surface area contributed by atoms with Crippen LogP contribution in [0.3, 0.4) is 0 Å². The Morgan fingerprint density at radius 3 is 2.44 bits per heavy atom. The van der Waals surface area contributed by atoms with E-state index in [0.717, 1.165) is 44.7 Å². The first-order chi connectivity index (χ1) is 19.4. The molecule has 1 aliphatic rings. The van der Waals surface area contributed by atoms with Crippen molar-refractivity contribution in [2.24, 2.45) is 7.05 Å². The predicted octanol–water partition coefficient (Wildman–Crippen LogP) is 5.26. The fraction of sp³-hybridized carbons (Fsp3) is 0.333. The van der Waals surface area contributed by atoms with E-state index in [1.165, 1.54) is 0 Å². The second kappa shape index (κ2) is 9.66. The van der Waals surface area contributed by atoms with Crippen molar-refractivity contribution in [2.75, 3.05) is 6.54 Å². The summed E-state index contributed by atoms with van der Waals surface area (Å²) in [7, 11) is 1.88. The molecule has 0 saturated heterocycles. The van der Waals surface area contributed by atoms with Crippen molar-refractivity contribution in [3.8, 4) is 17.2 Å². The molecule has 0 atom stereocenters. The molecule has 4 heterocycles. The van der Waals surface area contributed by atoms with Crippen LogP contribution in [0.25, 0.3) is 28.1 Å². The van der Waals surface area contributed by atoms with Crippen LogP contribution in [-0.2, 0) is 24.8 Å². The summed E-state index contributed by atoms with van der Waals surface area (Å²) < 4.78 is 12.4. The third kappa shape index (κ3) is 4.72. The van der Waals surface area contributed by atoms with Gasteiger partial charge in [-0.25, -0.2) is 14.3 Å². The van der Waals surface area contributed by atoms with Gasteiger partial charge < -0.3 is 9.64 Å². The molecule has 212 valence electrons. The number of benzene rings is 2. The quantitative estimate of drug-likeness (QED) is 0.293. The molecule has 41 heavy (non-hydrogen) atoms. The number of aromatic nitrogens is 6. The molecule has 0 radical (unpaired) electrons. The second-order valence-corrected chi connectivity index (χ2v) is 11.9. The molecule has 5 aromatic rings. The van der Waals surface area contributed by atoms with Crippen LogP contribution in [0.4, 0.5) is 4.79 Å². The van der Waals surface area contributed by atoms with Gasteiger partial charge in [0.25, 0.3) is 0 Å². The smallest absolute Gasteiger partial charge is 0.410 e. The molecule has 0 bridgehead atoms.